The molecule has 1 atom stereocenters. The number of carbonyl (C=O) groups excluding carboxylic acids is 1. The van der Waals surface area contributed by atoms with Gasteiger partial charge in [-0.2, -0.15) is 0 Å². The average molecular weight is 336 g/mol. The zero-order chi connectivity index (χ0) is 17.0. The fourth-order valence-electron chi connectivity index (χ4n) is 2.42. The normalized spacial score (nSPS) is 12.0. The third kappa shape index (κ3) is 4.13. The van der Waals surface area contributed by atoms with Crippen molar-refractivity contribution in [3.05, 3.63) is 58.0 Å². The summed E-state index contributed by atoms with van der Waals surface area (Å²) in [5.74, 6) is -1.22. The molecular formula is C17H18ClNO4. The molecule has 23 heavy (non-hydrogen) atoms. The molecule has 5 nitrogen and oxygen atoms in total. The number of carboxylic acid groups (broad SMARTS) is 1. The molecule has 0 fully saturated rings. The molecule has 2 N–H and O–H groups in total. The highest BCUT2D eigenvalue weighted by atomic mass is 35.5. The van der Waals surface area contributed by atoms with Crippen molar-refractivity contribution >= 4 is 23.5 Å². The van der Waals surface area contributed by atoms with E-state index in [4.69, 9.17) is 21.1 Å². The van der Waals surface area contributed by atoms with E-state index in [0.717, 1.165) is 5.56 Å². The van der Waals surface area contributed by atoms with Gasteiger partial charge in [0, 0.05) is 10.6 Å². The van der Waals surface area contributed by atoms with Crippen LogP contribution in [0.3, 0.4) is 0 Å². The van der Waals surface area contributed by atoms with Gasteiger partial charge >= 0.3 is 5.97 Å². The van der Waals surface area contributed by atoms with E-state index in [0.29, 0.717) is 22.6 Å². The minimum absolute atomic E-state index is 0.165. The van der Waals surface area contributed by atoms with E-state index in [-0.39, 0.29) is 24.1 Å². The lowest BCUT2D eigenvalue weighted by Crippen LogP contribution is -2.29. The van der Waals surface area contributed by atoms with Gasteiger partial charge in [-0.3, -0.25) is 9.59 Å². The zero-order valence-corrected chi connectivity index (χ0v) is 13.7. The van der Waals surface area contributed by atoms with Gasteiger partial charge in [0.25, 0.3) is 5.91 Å². The van der Waals surface area contributed by atoms with Crippen molar-refractivity contribution in [1.29, 1.82) is 0 Å². The maximum atomic E-state index is 12.5. The molecule has 0 aliphatic carbocycles. The van der Waals surface area contributed by atoms with Gasteiger partial charge in [-0.05, 0) is 31.0 Å². The summed E-state index contributed by atoms with van der Waals surface area (Å²) >= 11 is 5.88. The van der Waals surface area contributed by atoms with E-state index in [1.807, 2.05) is 19.1 Å². The second-order valence-electron chi connectivity index (χ2n) is 5.27. The summed E-state index contributed by atoms with van der Waals surface area (Å²) in [7, 11) is 0. The van der Waals surface area contributed by atoms with Crippen LogP contribution in [-0.4, -0.2) is 17.0 Å². The van der Waals surface area contributed by atoms with E-state index in [1.165, 1.54) is 6.26 Å². The van der Waals surface area contributed by atoms with Crippen molar-refractivity contribution < 1.29 is 19.1 Å². The molecule has 1 amide bonds. The Morgan fingerprint density at radius 3 is 2.52 bits per heavy atom. The Bertz CT molecular complexity index is 706. The topological polar surface area (TPSA) is 79.5 Å². The van der Waals surface area contributed by atoms with Crippen LogP contribution in [0, 0.1) is 6.92 Å². The van der Waals surface area contributed by atoms with Gasteiger partial charge in [-0.25, -0.2) is 0 Å². The first-order valence-corrected chi connectivity index (χ1v) is 7.65. The van der Waals surface area contributed by atoms with E-state index in [9.17, 15) is 9.59 Å². The molecule has 0 spiro atoms. The Labute approximate surface area is 139 Å². The van der Waals surface area contributed by atoms with Gasteiger partial charge < -0.3 is 14.8 Å². The number of aliphatic carboxylic acids is 1. The molecule has 1 unspecified atom stereocenters. The lowest BCUT2D eigenvalue weighted by molar-refractivity contribution is -0.136. The molecule has 1 heterocycles. The summed E-state index contributed by atoms with van der Waals surface area (Å²) in [4.78, 5) is 23.4. The lowest BCUT2D eigenvalue weighted by atomic mass is 10.0. The van der Waals surface area contributed by atoms with Crippen molar-refractivity contribution in [2.75, 3.05) is 0 Å². The van der Waals surface area contributed by atoms with Crippen LogP contribution in [0.25, 0.3) is 0 Å². The van der Waals surface area contributed by atoms with Gasteiger partial charge in [0.2, 0.25) is 0 Å². The van der Waals surface area contributed by atoms with Crippen LogP contribution in [0.5, 0.6) is 0 Å². The van der Waals surface area contributed by atoms with Gasteiger partial charge in [0.1, 0.15) is 12.2 Å². The SMILES string of the molecule is CCC(NC(=O)c1c(C)coc1CC(=O)O)c1ccc(Cl)cc1. The number of carbonyl (C=O) groups is 2. The molecule has 0 aliphatic heterocycles. The van der Waals surface area contributed by atoms with Gasteiger partial charge in [-0.15, -0.1) is 0 Å². The predicted octanol–water partition coefficient (Wildman–Crippen LogP) is 3.75. The van der Waals surface area contributed by atoms with Crippen LogP contribution in [-0.2, 0) is 11.2 Å². The molecule has 2 aromatic rings. The number of carboxylic acids is 1. The fraction of sp³-hybridized carbons (Fsp3) is 0.294. The molecule has 1 aromatic carbocycles. The van der Waals surface area contributed by atoms with Crippen LogP contribution in [0.4, 0.5) is 0 Å². The number of furan rings is 1. The number of aryl methyl sites for hydroxylation is 1. The number of hydrogen-bond acceptors (Lipinski definition) is 3. The van der Waals surface area contributed by atoms with Crippen molar-refractivity contribution in [3.8, 4) is 0 Å². The summed E-state index contributed by atoms with van der Waals surface area (Å²) in [6, 6.07) is 7.07. The molecule has 0 aliphatic rings. The summed E-state index contributed by atoms with van der Waals surface area (Å²) in [6.45, 7) is 3.67. The predicted molar refractivity (Wildman–Crippen MR) is 86.7 cm³/mol. The minimum atomic E-state index is -1.04. The van der Waals surface area contributed by atoms with Crippen LogP contribution < -0.4 is 5.32 Å². The molecular weight excluding hydrogens is 318 g/mol. The summed E-state index contributed by atoms with van der Waals surface area (Å²) in [5, 5.41) is 12.5. The first-order chi connectivity index (χ1) is 10.9. The molecule has 6 heteroatoms. The van der Waals surface area contributed by atoms with Gasteiger partial charge in [0.15, 0.2) is 0 Å². The third-order valence-electron chi connectivity index (χ3n) is 3.58. The van der Waals surface area contributed by atoms with E-state index in [1.54, 1.807) is 19.1 Å². The monoisotopic (exact) mass is 335 g/mol. The number of benzene rings is 1. The number of amides is 1. The molecule has 0 bridgehead atoms. The number of hydrogen-bond donors (Lipinski definition) is 2. The average Bonchev–Trinajstić information content (AvgIpc) is 2.85. The van der Waals surface area contributed by atoms with Crippen LogP contribution in [0.2, 0.25) is 5.02 Å². The summed E-state index contributed by atoms with van der Waals surface area (Å²) in [5.41, 5.74) is 1.84. The second-order valence-corrected chi connectivity index (χ2v) is 5.71. The Hall–Kier alpha value is -2.27. The van der Waals surface area contributed by atoms with Crippen molar-refractivity contribution in [3.63, 3.8) is 0 Å². The van der Waals surface area contributed by atoms with Crippen LogP contribution in [0.1, 0.15) is 46.6 Å². The number of nitrogens with one attached hydrogen (secondary N) is 1. The number of rotatable bonds is 6. The standard InChI is InChI=1S/C17H18ClNO4/c1-3-13(11-4-6-12(18)7-5-11)19-17(22)16-10(2)9-23-14(16)8-15(20)21/h4-7,9,13H,3,8H2,1-2H3,(H,19,22)(H,20,21). The molecule has 122 valence electrons. The molecule has 2 rings (SSSR count). The Balaban J connectivity index is 2.21. The van der Waals surface area contributed by atoms with Crippen molar-refractivity contribution in [2.24, 2.45) is 0 Å². The zero-order valence-electron chi connectivity index (χ0n) is 12.9. The molecule has 1 aromatic heterocycles. The van der Waals surface area contributed by atoms with Crippen molar-refractivity contribution in [1.82, 2.24) is 5.32 Å². The largest absolute Gasteiger partial charge is 0.481 e. The van der Waals surface area contributed by atoms with Crippen molar-refractivity contribution in [2.45, 2.75) is 32.7 Å². The maximum absolute atomic E-state index is 12.5. The Morgan fingerprint density at radius 2 is 1.96 bits per heavy atom. The highest BCUT2D eigenvalue weighted by molar-refractivity contribution is 6.30. The highest BCUT2D eigenvalue weighted by Crippen LogP contribution is 2.22. The molecule has 0 saturated carbocycles. The van der Waals surface area contributed by atoms with Crippen LogP contribution in [0.15, 0.2) is 34.9 Å². The maximum Gasteiger partial charge on any atom is 0.311 e. The quantitative estimate of drug-likeness (QED) is 0.842. The Kier molecular flexibility index (Phi) is 5.45. The van der Waals surface area contributed by atoms with E-state index in [2.05, 4.69) is 5.32 Å². The fourth-order valence-corrected chi connectivity index (χ4v) is 2.54. The third-order valence-corrected chi connectivity index (χ3v) is 3.83. The first-order valence-electron chi connectivity index (χ1n) is 7.27. The molecule has 0 radical (unpaired) electrons. The lowest BCUT2D eigenvalue weighted by Gasteiger charge is -2.18. The summed E-state index contributed by atoms with van der Waals surface area (Å²) in [6.07, 6.45) is 1.77. The van der Waals surface area contributed by atoms with Gasteiger partial charge in [0.05, 0.1) is 17.9 Å². The number of halogens is 1. The smallest absolute Gasteiger partial charge is 0.311 e. The second kappa shape index (κ2) is 7.33. The highest BCUT2D eigenvalue weighted by Gasteiger charge is 2.22. The Morgan fingerprint density at radius 1 is 1.30 bits per heavy atom. The van der Waals surface area contributed by atoms with E-state index >= 15 is 0 Å². The summed E-state index contributed by atoms with van der Waals surface area (Å²) < 4.78 is 5.20. The van der Waals surface area contributed by atoms with Gasteiger partial charge in [-0.1, -0.05) is 30.7 Å². The van der Waals surface area contributed by atoms with E-state index < -0.39 is 5.97 Å². The van der Waals surface area contributed by atoms with Crippen LogP contribution >= 0.6 is 11.6 Å². The molecule has 0 saturated heterocycles. The first kappa shape index (κ1) is 17.1. The minimum Gasteiger partial charge on any atom is -0.481 e.